The van der Waals surface area contributed by atoms with E-state index in [1.165, 1.54) is 18.5 Å². The van der Waals surface area contributed by atoms with Crippen LogP contribution in [-0.4, -0.2) is 59.2 Å². The molecule has 3 atom stereocenters. The van der Waals surface area contributed by atoms with Gasteiger partial charge in [0.2, 0.25) is 5.91 Å². The fourth-order valence-electron chi connectivity index (χ4n) is 5.17. The third-order valence-corrected chi connectivity index (χ3v) is 7.30. The van der Waals surface area contributed by atoms with Gasteiger partial charge in [0.05, 0.1) is 24.0 Å². The molecular weight excluding hydrogens is 461 g/mol. The minimum Gasteiger partial charge on any atom is -0.505 e. The van der Waals surface area contributed by atoms with E-state index >= 15 is 0 Å². The van der Waals surface area contributed by atoms with Gasteiger partial charge in [-0.2, -0.15) is 0 Å². The number of piperidine rings is 1. The lowest BCUT2D eigenvalue weighted by Gasteiger charge is -2.45. The number of hydrogen-bond donors (Lipinski definition) is 2. The molecule has 2 aromatic carbocycles. The van der Waals surface area contributed by atoms with E-state index in [4.69, 9.17) is 4.74 Å². The number of hydrogen-bond acceptors (Lipinski definition) is 7. The Balaban J connectivity index is 1.84. The van der Waals surface area contributed by atoms with Crippen LogP contribution in [0.25, 0.3) is 10.9 Å². The lowest BCUT2D eigenvalue weighted by Crippen LogP contribution is -2.53. The molecule has 0 radical (unpaired) electrons. The van der Waals surface area contributed by atoms with Crippen molar-refractivity contribution in [2.24, 2.45) is 11.8 Å². The van der Waals surface area contributed by atoms with Crippen LogP contribution in [-0.2, 0) is 4.79 Å². The van der Waals surface area contributed by atoms with E-state index in [9.17, 15) is 14.3 Å². The molecule has 0 saturated carbocycles. The third-order valence-electron chi connectivity index (χ3n) is 7.30. The van der Waals surface area contributed by atoms with Gasteiger partial charge in [0.25, 0.3) is 0 Å². The molecule has 1 amide bonds. The van der Waals surface area contributed by atoms with Crippen molar-refractivity contribution < 1.29 is 19.0 Å². The largest absolute Gasteiger partial charge is 0.505 e. The molecule has 1 aliphatic heterocycles. The molecule has 0 aliphatic carbocycles. The van der Waals surface area contributed by atoms with Crippen LogP contribution in [0.2, 0.25) is 0 Å². The van der Waals surface area contributed by atoms with E-state index in [1.54, 1.807) is 26.2 Å². The number of aromatic hydroxyl groups is 1. The first kappa shape index (κ1) is 25.6. The van der Waals surface area contributed by atoms with Crippen molar-refractivity contribution in [2.45, 2.75) is 39.7 Å². The Labute approximate surface area is 211 Å². The molecule has 0 spiro atoms. The van der Waals surface area contributed by atoms with Crippen molar-refractivity contribution in [3.8, 4) is 11.5 Å². The molecule has 3 aromatic rings. The van der Waals surface area contributed by atoms with Crippen molar-refractivity contribution in [1.82, 2.24) is 14.9 Å². The van der Waals surface area contributed by atoms with Crippen LogP contribution in [0.5, 0.6) is 11.5 Å². The van der Waals surface area contributed by atoms with Crippen LogP contribution in [0, 0.1) is 17.7 Å². The molecule has 1 aliphatic rings. The highest BCUT2D eigenvalue weighted by atomic mass is 19.1. The molecule has 8 nitrogen and oxygen atoms in total. The molecule has 3 unspecified atom stereocenters. The molecule has 9 heteroatoms. The van der Waals surface area contributed by atoms with Gasteiger partial charge in [0.15, 0.2) is 11.6 Å². The number of benzene rings is 2. The molecule has 4 rings (SSSR count). The summed E-state index contributed by atoms with van der Waals surface area (Å²) in [4.78, 5) is 26.1. The van der Waals surface area contributed by atoms with Gasteiger partial charge in [-0.05, 0) is 50.0 Å². The number of ether oxygens (including phenoxy) is 1. The van der Waals surface area contributed by atoms with Crippen molar-refractivity contribution in [3.05, 3.63) is 42.5 Å². The Hall–Kier alpha value is -3.46. The Morgan fingerprint density at radius 3 is 2.83 bits per heavy atom. The van der Waals surface area contributed by atoms with Gasteiger partial charge in [0.1, 0.15) is 17.9 Å². The molecule has 2 heterocycles. The number of rotatable bonds is 7. The number of nitrogens with one attached hydrogen (secondary N) is 1. The van der Waals surface area contributed by atoms with Gasteiger partial charge < -0.3 is 25.0 Å². The topological polar surface area (TPSA) is 90.8 Å². The summed E-state index contributed by atoms with van der Waals surface area (Å²) < 4.78 is 20.2. The van der Waals surface area contributed by atoms with E-state index in [-0.39, 0.29) is 17.6 Å². The number of nitrogens with zero attached hydrogens (tertiary/aromatic N) is 4. The first-order chi connectivity index (χ1) is 17.2. The Morgan fingerprint density at radius 2 is 2.14 bits per heavy atom. The number of carbonyl (C=O) groups excluding carboxylic acids is 1. The van der Waals surface area contributed by atoms with E-state index in [1.807, 2.05) is 11.0 Å². The summed E-state index contributed by atoms with van der Waals surface area (Å²) in [6.45, 7) is 7.81. The number of phenols is 1. The zero-order chi connectivity index (χ0) is 26.0. The SMILES string of the molecule is CCC(C)C1CN(C)CCC1N(C(C)=O)c1cc2c(Nc3cccc(O)c3F)ncnc2cc1OC. The molecule has 0 bridgehead atoms. The van der Waals surface area contributed by atoms with Gasteiger partial charge in [-0.15, -0.1) is 0 Å². The van der Waals surface area contributed by atoms with Crippen molar-refractivity contribution in [2.75, 3.05) is 37.5 Å². The number of phenolic OH excluding ortho intramolecular Hbond substituents is 1. The number of halogens is 1. The van der Waals surface area contributed by atoms with E-state index < -0.39 is 11.6 Å². The van der Waals surface area contributed by atoms with Gasteiger partial charge in [0, 0.05) is 31.0 Å². The minimum absolute atomic E-state index is 0.00422. The lowest BCUT2D eigenvalue weighted by atomic mass is 9.80. The lowest BCUT2D eigenvalue weighted by molar-refractivity contribution is -0.117. The maximum absolute atomic E-state index is 14.5. The predicted molar refractivity (Wildman–Crippen MR) is 139 cm³/mol. The molecule has 1 saturated heterocycles. The highest BCUT2D eigenvalue weighted by Gasteiger charge is 2.38. The van der Waals surface area contributed by atoms with E-state index in [2.05, 4.69) is 41.1 Å². The summed E-state index contributed by atoms with van der Waals surface area (Å²) in [5.41, 5.74) is 1.30. The second kappa shape index (κ2) is 10.7. The highest BCUT2D eigenvalue weighted by molar-refractivity contribution is 6.00. The van der Waals surface area contributed by atoms with Gasteiger partial charge in [-0.3, -0.25) is 4.79 Å². The molecule has 1 aromatic heterocycles. The van der Waals surface area contributed by atoms with Crippen LogP contribution in [0.1, 0.15) is 33.6 Å². The summed E-state index contributed by atoms with van der Waals surface area (Å²) >= 11 is 0. The number of methoxy groups -OCH3 is 1. The summed E-state index contributed by atoms with van der Waals surface area (Å²) in [5.74, 6) is 0.324. The number of carbonyl (C=O) groups is 1. The zero-order valence-electron chi connectivity index (χ0n) is 21.5. The fraction of sp³-hybridized carbons (Fsp3) is 0.444. The number of aromatic nitrogens is 2. The number of anilines is 3. The zero-order valence-corrected chi connectivity index (χ0v) is 21.5. The van der Waals surface area contributed by atoms with Gasteiger partial charge >= 0.3 is 0 Å². The van der Waals surface area contributed by atoms with E-state index in [0.717, 1.165) is 25.9 Å². The average Bonchev–Trinajstić information content (AvgIpc) is 2.86. The van der Waals surface area contributed by atoms with Crippen LogP contribution in [0.15, 0.2) is 36.7 Å². The number of likely N-dealkylation sites (tertiary alicyclic amines) is 1. The maximum Gasteiger partial charge on any atom is 0.224 e. The maximum atomic E-state index is 14.5. The molecular formula is C27H34FN5O3. The van der Waals surface area contributed by atoms with Crippen LogP contribution in [0.4, 0.5) is 21.6 Å². The summed E-state index contributed by atoms with van der Waals surface area (Å²) in [6.07, 6.45) is 3.24. The molecule has 36 heavy (non-hydrogen) atoms. The standard InChI is InChI=1S/C27H34FN5O3/c1-6-16(2)19-14-32(4)11-10-22(19)33(17(3)34)23-12-18-21(13-25(23)36-5)29-15-30-27(18)31-20-8-7-9-24(35)26(20)28/h7-9,12-13,15-16,19,22,35H,6,10-11,14H2,1-5H3,(H,29,30,31). The Bertz CT molecular complexity index is 1250. The van der Waals surface area contributed by atoms with Crippen LogP contribution >= 0.6 is 0 Å². The van der Waals surface area contributed by atoms with Crippen LogP contribution < -0.4 is 15.0 Å². The smallest absolute Gasteiger partial charge is 0.224 e. The van der Waals surface area contributed by atoms with Gasteiger partial charge in [-0.25, -0.2) is 14.4 Å². The summed E-state index contributed by atoms with van der Waals surface area (Å²) in [7, 11) is 3.70. The quantitative estimate of drug-likeness (QED) is 0.479. The third kappa shape index (κ3) is 4.93. The highest BCUT2D eigenvalue weighted by Crippen LogP contribution is 2.40. The van der Waals surface area contributed by atoms with Crippen molar-refractivity contribution in [3.63, 3.8) is 0 Å². The number of amides is 1. The van der Waals surface area contributed by atoms with Gasteiger partial charge in [-0.1, -0.05) is 26.3 Å². The molecule has 1 fully saturated rings. The monoisotopic (exact) mass is 495 g/mol. The normalized spacial score (nSPS) is 19.2. The first-order valence-corrected chi connectivity index (χ1v) is 12.3. The average molecular weight is 496 g/mol. The van der Waals surface area contributed by atoms with Crippen LogP contribution in [0.3, 0.4) is 0 Å². The van der Waals surface area contributed by atoms with E-state index in [0.29, 0.717) is 40.0 Å². The predicted octanol–water partition coefficient (Wildman–Crippen LogP) is 4.95. The summed E-state index contributed by atoms with van der Waals surface area (Å²) in [5, 5.41) is 13.4. The molecule has 192 valence electrons. The second-order valence-electron chi connectivity index (χ2n) is 9.58. The second-order valence-corrected chi connectivity index (χ2v) is 9.58. The number of fused-ring (bicyclic) bond motifs is 1. The van der Waals surface area contributed by atoms with Crippen molar-refractivity contribution in [1.29, 1.82) is 0 Å². The Kier molecular flexibility index (Phi) is 7.59. The summed E-state index contributed by atoms with van der Waals surface area (Å²) in [6, 6.07) is 7.96. The Morgan fingerprint density at radius 1 is 1.36 bits per heavy atom. The van der Waals surface area contributed by atoms with Crippen molar-refractivity contribution >= 4 is 34.0 Å². The fourth-order valence-corrected chi connectivity index (χ4v) is 5.17. The minimum atomic E-state index is -0.772. The molecule has 2 N–H and O–H groups in total. The first-order valence-electron chi connectivity index (χ1n) is 12.3.